The van der Waals surface area contributed by atoms with Crippen LogP contribution < -0.4 is 10.6 Å². The van der Waals surface area contributed by atoms with E-state index in [4.69, 9.17) is 0 Å². The van der Waals surface area contributed by atoms with Gasteiger partial charge in [0.15, 0.2) is 0 Å². The maximum Gasteiger partial charge on any atom is 0.322 e. The minimum atomic E-state index is -0.587. The second-order valence-electron chi connectivity index (χ2n) is 7.94. The van der Waals surface area contributed by atoms with Gasteiger partial charge in [-0.05, 0) is 36.4 Å². The normalized spacial score (nSPS) is 18.2. The molecule has 8 heteroatoms. The van der Waals surface area contributed by atoms with E-state index in [1.54, 1.807) is 15.9 Å². The zero-order chi connectivity index (χ0) is 22.4. The zero-order valence-corrected chi connectivity index (χ0v) is 19.0. The predicted molar refractivity (Wildman–Crippen MR) is 123 cm³/mol. The smallest absolute Gasteiger partial charge is 0.322 e. The lowest BCUT2D eigenvalue weighted by atomic mass is 9.97. The summed E-state index contributed by atoms with van der Waals surface area (Å²) in [5.41, 5.74) is 0.742. The number of benzene rings is 1. The van der Waals surface area contributed by atoms with Crippen LogP contribution in [-0.4, -0.2) is 59.4 Å². The third-order valence-corrected chi connectivity index (χ3v) is 6.60. The topological polar surface area (TPSA) is 81.8 Å². The van der Waals surface area contributed by atoms with Crippen LogP contribution in [0.3, 0.4) is 0 Å². The standard InChI is InChI=1S/C23H30N4O3S/c1-4-16(2)20(25-21(28)19-11-8-14-31-19)22(29)26-12-13-27(17(3)15-26)23(30)24-18-9-6-5-7-10-18/h5-11,14,16-17,20H,4,12-13,15H2,1-3H3,(H,24,30)(H,25,28). The summed E-state index contributed by atoms with van der Waals surface area (Å²) in [6, 6.07) is 12.0. The first-order valence-electron chi connectivity index (χ1n) is 10.7. The summed E-state index contributed by atoms with van der Waals surface area (Å²) in [5.74, 6) is -0.303. The van der Waals surface area contributed by atoms with Crippen LogP contribution in [0.5, 0.6) is 0 Å². The van der Waals surface area contributed by atoms with Crippen molar-refractivity contribution in [1.82, 2.24) is 15.1 Å². The molecule has 1 aromatic carbocycles. The number of thiophene rings is 1. The van der Waals surface area contributed by atoms with Crippen LogP contribution in [0.15, 0.2) is 47.8 Å². The van der Waals surface area contributed by atoms with Crippen LogP contribution in [0, 0.1) is 5.92 Å². The van der Waals surface area contributed by atoms with Gasteiger partial charge >= 0.3 is 6.03 Å². The fourth-order valence-electron chi connectivity index (χ4n) is 3.68. The van der Waals surface area contributed by atoms with E-state index in [1.165, 1.54) is 11.3 Å². The van der Waals surface area contributed by atoms with Gasteiger partial charge in [0, 0.05) is 31.4 Å². The lowest BCUT2D eigenvalue weighted by molar-refractivity contribution is -0.136. The molecule has 1 aliphatic heterocycles. The highest BCUT2D eigenvalue weighted by atomic mass is 32.1. The summed E-state index contributed by atoms with van der Waals surface area (Å²) in [5, 5.41) is 7.69. The van der Waals surface area contributed by atoms with Gasteiger partial charge in [-0.1, -0.05) is 44.5 Å². The number of nitrogens with zero attached hydrogens (tertiary/aromatic N) is 2. The van der Waals surface area contributed by atoms with E-state index < -0.39 is 6.04 Å². The number of amides is 4. The first kappa shape index (κ1) is 22.8. The highest BCUT2D eigenvalue weighted by molar-refractivity contribution is 7.12. The lowest BCUT2D eigenvalue weighted by Crippen LogP contribution is -2.60. The highest BCUT2D eigenvalue weighted by Gasteiger charge is 2.35. The van der Waals surface area contributed by atoms with Gasteiger partial charge < -0.3 is 20.4 Å². The Labute approximate surface area is 187 Å². The molecule has 2 heterocycles. The van der Waals surface area contributed by atoms with E-state index in [0.717, 1.165) is 12.1 Å². The molecule has 0 saturated carbocycles. The highest BCUT2D eigenvalue weighted by Crippen LogP contribution is 2.18. The number of rotatable bonds is 6. The molecule has 31 heavy (non-hydrogen) atoms. The number of urea groups is 1. The predicted octanol–water partition coefficient (Wildman–Crippen LogP) is 3.66. The third kappa shape index (κ3) is 5.64. The van der Waals surface area contributed by atoms with Crippen molar-refractivity contribution in [2.24, 2.45) is 5.92 Å². The first-order chi connectivity index (χ1) is 14.9. The van der Waals surface area contributed by atoms with Crippen LogP contribution in [0.25, 0.3) is 0 Å². The summed E-state index contributed by atoms with van der Waals surface area (Å²) in [6.07, 6.45) is 0.774. The van der Waals surface area contributed by atoms with Crippen molar-refractivity contribution in [1.29, 1.82) is 0 Å². The Hall–Kier alpha value is -2.87. The monoisotopic (exact) mass is 442 g/mol. The number of hydrogen-bond donors (Lipinski definition) is 2. The van der Waals surface area contributed by atoms with Crippen molar-refractivity contribution < 1.29 is 14.4 Å². The van der Waals surface area contributed by atoms with E-state index in [1.807, 2.05) is 62.5 Å². The van der Waals surface area contributed by atoms with Gasteiger partial charge in [-0.2, -0.15) is 0 Å². The number of anilines is 1. The van der Waals surface area contributed by atoms with Crippen LogP contribution in [0.2, 0.25) is 0 Å². The lowest BCUT2D eigenvalue weighted by Gasteiger charge is -2.41. The summed E-state index contributed by atoms with van der Waals surface area (Å²) >= 11 is 1.36. The largest absolute Gasteiger partial charge is 0.339 e. The minimum Gasteiger partial charge on any atom is -0.339 e. The SMILES string of the molecule is CCC(C)C(NC(=O)c1cccs1)C(=O)N1CCN(C(=O)Nc2ccccc2)C(C)C1. The van der Waals surface area contributed by atoms with Gasteiger partial charge in [0.05, 0.1) is 4.88 Å². The molecule has 1 aromatic heterocycles. The van der Waals surface area contributed by atoms with Gasteiger partial charge in [-0.25, -0.2) is 4.79 Å². The van der Waals surface area contributed by atoms with Crippen molar-refractivity contribution >= 4 is 34.9 Å². The molecule has 3 unspecified atom stereocenters. The molecule has 0 spiro atoms. The Kier molecular flexibility index (Phi) is 7.68. The molecular formula is C23H30N4O3S. The third-order valence-electron chi connectivity index (χ3n) is 5.74. The molecule has 7 nitrogen and oxygen atoms in total. The molecule has 0 bridgehead atoms. The fraction of sp³-hybridized carbons (Fsp3) is 0.435. The Bertz CT molecular complexity index is 887. The molecule has 0 radical (unpaired) electrons. The van der Waals surface area contributed by atoms with Crippen molar-refractivity contribution in [2.75, 3.05) is 25.0 Å². The molecule has 4 amide bonds. The summed E-state index contributed by atoms with van der Waals surface area (Å²) < 4.78 is 0. The van der Waals surface area contributed by atoms with E-state index >= 15 is 0 Å². The van der Waals surface area contributed by atoms with Gasteiger partial charge in [-0.15, -0.1) is 11.3 Å². The van der Waals surface area contributed by atoms with E-state index in [0.29, 0.717) is 24.5 Å². The van der Waals surface area contributed by atoms with Crippen LogP contribution in [-0.2, 0) is 4.79 Å². The molecular weight excluding hydrogens is 412 g/mol. The number of nitrogens with one attached hydrogen (secondary N) is 2. The number of carbonyl (C=O) groups excluding carboxylic acids is 3. The number of para-hydroxylation sites is 1. The molecule has 2 aromatic rings. The summed E-state index contributed by atoms with van der Waals surface area (Å²) in [4.78, 5) is 42.7. The maximum absolute atomic E-state index is 13.3. The molecule has 3 atom stereocenters. The van der Waals surface area contributed by atoms with Crippen molar-refractivity contribution in [3.8, 4) is 0 Å². The Morgan fingerprint density at radius 2 is 1.87 bits per heavy atom. The molecule has 1 fully saturated rings. The van der Waals surface area contributed by atoms with Crippen molar-refractivity contribution in [3.05, 3.63) is 52.7 Å². The maximum atomic E-state index is 13.3. The van der Waals surface area contributed by atoms with E-state index in [-0.39, 0.29) is 29.8 Å². The van der Waals surface area contributed by atoms with Gasteiger partial charge in [0.25, 0.3) is 5.91 Å². The second-order valence-corrected chi connectivity index (χ2v) is 8.88. The first-order valence-corrected chi connectivity index (χ1v) is 11.5. The Morgan fingerprint density at radius 3 is 2.48 bits per heavy atom. The van der Waals surface area contributed by atoms with Crippen LogP contribution >= 0.6 is 11.3 Å². The molecule has 1 saturated heterocycles. The van der Waals surface area contributed by atoms with Crippen molar-refractivity contribution in [3.63, 3.8) is 0 Å². The van der Waals surface area contributed by atoms with Crippen LogP contribution in [0.1, 0.15) is 36.9 Å². The number of hydrogen-bond acceptors (Lipinski definition) is 4. The molecule has 1 aliphatic rings. The Morgan fingerprint density at radius 1 is 1.13 bits per heavy atom. The molecule has 2 N–H and O–H groups in total. The number of piperazine rings is 1. The van der Waals surface area contributed by atoms with Crippen LogP contribution in [0.4, 0.5) is 10.5 Å². The molecule has 166 valence electrons. The second kappa shape index (κ2) is 10.4. The molecule has 0 aliphatic carbocycles. The average Bonchev–Trinajstić information content (AvgIpc) is 3.32. The van der Waals surface area contributed by atoms with Crippen molar-refractivity contribution in [2.45, 2.75) is 39.3 Å². The van der Waals surface area contributed by atoms with E-state index in [9.17, 15) is 14.4 Å². The average molecular weight is 443 g/mol. The minimum absolute atomic E-state index is 0.00567. The molecule has 3 rings (SSSR count). The van der Waals surface area contributed by atoms with Gasteiger partial charge in [0.2, 0.25) is 5.91 Å². The summed E-state index contributed by atoms with van der Waals surface area (Å²) in [6.45, 7) is 7.24. The Balaban J connectivity index is 1.63. The van der Waals surface area contributed by atoms with Gasteiger partial charge in [0.1, 0.15) is 6.04 Å². The van der Waals surface area contributed by atoms with E-state index in [2.05, 4.69) is 10.6 Å². The summed E-state index contributed by atoms with van der Waals surface area (Å²) in [7, 11) is 0. The zero-order valence-electron chi connectivity index (χ0n) is 18.2. The number of carbonyl (C=O) groups is 3. The van der Waals surface area contributed by atoms with Gasteiger partial charge in [-0.3, -0.25) is 9.59 Å². The quantitative estimate of drug-likeness (QED) is 0.716. The fourth-order valence-corrected chi connectivity index (χ4v) is 4.30.